The summed E-state index contributed by atoms with van der Waals surface area (Å²) in [6.07, 6.45) is -2.89. The summed E-state index contributed by atoms with van der Waals surface area (Å²) in [7, 11) is 0. The van der Waals surface area contributed by atoms with Gasteiger partial charge in [0.15, 0.2) is 0 Å². The van der Waals surface area contributed by atoms with Crippen molar-refractivity contribution in [3.63, 3.8) is 0 Å². The lowest BCUT2D eigenvalue weighted by molar-refractivity contribution is -0.141. The molecule has 0 heterocycles. The molecule has 0 saturated heterocycles. The topological polar surface area (TPSA) is 78.4 Å². The second-order valence-electron chi connectivity index (χ2n) is 5.25. The smallest absolute Gasteiger partial charge is 0.389 e. The molecule has 0 aliphatic heterocycles. The molecular weight excluding hydrogens is 277 g/mol. The van der Waals surface area contributed by atoms with Crippen molar-refractivity contribution in [2.24, 2.45) is 5.41 Å². The van der Waals surface area contributed by atoms with Gasteiger partial charge in [-0.15, -0.1) is 0 Å². The number of rotatable bonds is 7. The van der Waals surface area contributed by atoms with Crippen molar-refractivity contribution in [3.8, 4) is 0 Å². The normalized spacial score (nSPS) is 17.1. The highest BCUT2D eigenvalue weighted by molar-refractivity contribution is 5.74. The Bertz CT molecular complexity index is 354. The number of aliphatic carboxylic acids is 1. The van der Waals surface area contributed by atoms with Crippen molar-refractivity contribution in [2.75, 3.05) is 13.1 Å². The van der Waals surface area contributed by atoms with Crippen LogP contribution in [0.2, 0.25) is 0 Å². The molecule has 0 aromatic rings. The summed E-state index contributed by atoms with van der Waals surface area (Å²) in [6, 6.07) is -0.552. The van der Waals surface area contributed by atoms with Gasteiger partial charge in [-0.25, -0.2) is 4.79 Å². The lowest BCUT2D eigenvalue weighted by Crippen LogP contribution is -2.46. The highest BCUT2D eigenvalue weighted by Crippen LogP contribution is 2.43. The average Bonchev–Trinajstić information content (AvgIpc) is 2.26. The van der Waals surface area contributed by atoms with Gasteiger partial charge in [0.05, 0.1) is 6.42 Å². The van der Waals surface area contributed by atoms with E-state index in [9.17, 15) is 22.8 Å². The Morgan fingerprint density at radius 2 is 1.85 bits per heavy atom. The molecule has 1 aliphatic carbocycles. The van der Waals surface area contributed by atoms with E-state index >= 15 is 0 Å². The van der Waals surface area contributed by atoms with Gasteiger partial charge >= 0.3 is 18.2 Å². The van der Waals surface area contributed by atoms with E-state index in [-0.39, 0.29) is 25.9 Å². The fourth-order valence-corrected chi connectivity index (χ4v) is 2.23. The molecule has 0 radical (unpaired) electrons. The van der Waals surface area contributed by atoms with Crippen molar-refractivity contribution in [1.82, 2.24) is 10.6 Å². The summed E-state index contributed by atoms with van der Waals surface area (Å²) in [6.45, 7) is 0.182. The minimum Gasteiger partial charge on any atom is -0.481 e. The first kappa shape index (κ1) is 16.6. The molecule has 1 saturated carbocycles. The summed E-state index contributed by atoms with van der Waals surface area (Å²) in [4.78, 5) is 22.1. The molecule has 116 valence electrons. The maximum Gasteiger partial charge on any atom is 0.389 e. The zero-order chi connectivity index (χ0) is 15.2. The second kappa shape index (κ2) is 6.81. The van der Waals surface area contributed by atoms with Crippen LogP contribution in [0.25, 0.3) is 0 Å². The van der Waals surface area contributed by atoms with Crippen molar-refractivity contribution in [3.05, 3.63) is 0 Å². The number of urea groups is 1. The van der Waals surface area contributed by atoms with Crippen molar-refractivity contribution in [2.45, 2.75) is 44.7 Å². The number of nitrogens with one attached hydrogen (secondary N) is 2. The van der Waals surface area contributed by atoms with E-state index in [1.54, 1.807) is 0 Å². The van der Waals surface area contributed by atoms with Crippen molar-refractivity contribution in [1.29, 1.82) is 0 Å². The van der Waals surface area contributed by atoms with E-state index in [0.717, 1.165) is 19.3 Å². The largest absolute Gasteiger partial charge is 0.481 e. The third-order valence-corrected chi connectivity index (χ3v) is 3.49. The lowest BCUT2D eigenvalue weighted by atomic mass is 9.66. The Hall–Kier alpha value is -1.47. The molecule has 2 amide bonds. The van der Waals surface area contributed by atoms with Gasteiger partial charge in [0.1, 0.15) is 0 Å². The number of carboxylic acids is 1. The van der Waals surface area contributed by atoms with E-state index in [2.05, 4.69) is 10.6 Å². The van der Waals surface area contributed by atoms with Crippen LogP contribution in [0.1, 0.15) is 38.5 Å². The molecule has 1 aliphatic rings. The molecule has 1 fully saturated rings. The summed E-state index contributed by atoms with van der Waals surface area (Å²) in [5.74, 6) is -0.905. The molecule has 0 unspecified atom stereocenters. The highest BCUT2D eigenvalue weighted by Gasteiger charge is 2.39. The van der Waals surface area contributed by atoms with Gasteiger partial charge in [0.2, 0.25) is 0 Å². The van der Waals surface area contributed by atoms with Crippen LogP contribution < -0.4 is 10.6 Å². The Morgan fingerprint density at radius 1 is 1.20 bits per heavy atom. The summed E-state index contributed by atoms with van der Waals surface area (Å²) in [5.41, 5.74) is -0.394. The van der Waals surface area contributed by atoms with Crippen molar-refractivity contribution < 1.29 is 27.9 Å². The number of hydrogen-bond acceptors (Lipinski definition) is 2. The van der Waals surface area contributed by atoms with Gasteiger partial charge in [-0.3, -0.25) is 4.79 Å². The predicted octanol–water partition coefficient (Wildman–Crippen LogP) is 2.27. The molecule has 5 nitrogen and oxygen atoms in total. The molecule has 0 atom stereocenters. The number of alkyl halides is 3. The predicted molar refractivity (Wildman–Crippen MR) is 65.2 cm³/mol. The number of halogens is 3. The zero-order valence-electron chi connectivity index (χ0n) is 11.1. The highest BCUT2D eigenvalue weighted by atomic mass is 19.4. The molecule has 1 rings (SSSR count). The minimum absolute atomic E-state index is 0.00134. The van der Waals surface area contributed by atoms with Gasteiger partial charge in [-0.05, 0) is 24.7 Å². The molecular formula is C12H19F3N2O3. The van der Waals surface area contributed by atoms with Crippen LogP contribution >= 0.6 is 0 Å². The van der Waals surface area contributed by atoms with E-state index in [1.807, 2.05) is 0 Å². The van der Waals surface area contributed by atoms with E-state index < -0.39 is 30.0 Å². The first-order valence-corrected chi connectivity index (χ1v) is 6.53. The summed E-state index contributed by atoms with van der Waals surface area (Å²) in [5, 5.41) is 13.7. The summed E-state index contributed by atoms with van der Waals surface area (Å²) >= 11 is 0. The number of carbonyl (C=O) groups excluding carboxylic acids is 1. The van der Waals surface area contributed by atoms with Crippen LogP contribution in [-0.2, 0) is 4.79 Å². The van der Waals surface area contributed by atoms with Gasteiger partial charge < -0.3 is 15.7 Å². The third-order valence-electron chi connectivity index (χ3n) is 3.49. The van der Waals surface area contributed by atoms with Crippen LogP contribution in [-0.4, -0.2) is 36.4 Å². The van der Waals surface area contributed by atoms with Crippen LogP contribution in [0.15, 0.2) is 0 Å². The molecule has 0 aromatic heterocycles. The third kappa shape index (κ3) is 6.12. The van der Waals surface area contributed by atoms with Crippen LogP contribution in [0.4, 0.5) is 18.0 Å². The maximum absolute atomic E-state index is 11.9. The van der Waals surface area contributed by atoms with Crippen LogP contribution in [0, 0.1) is 5.41 Å². The van der Waals surface area contributed by atoms with Gasteiger partial charge in [-0.2, -0.15) is 13.2 Å². The number of amides is 2. The number of hydrogen-bond donors (Lipinski definition) is 3. The number of carboxylic acid groups (broad SMARTS) is 1. The molecule has 8 heteroatoms. The Balaban J connectivity index is 2.17. The monoisotopic (exact) mass is 296 g/mol. The van der Waals surface area contributed by atoms with Crippen LogP contribution in [0.3, 0.4) is 0 Å². The summed E-state index contributed by atoms with van der Waals surface area (Å²) < 4.78 is 35.6. The number of carbonyl (C=O) groups is 2. The average molecular weight is 296 g/mol. The van der Waals surface area contributed by atoms with Gasteiger partial charge in [0.25, 0.3) is 0 Å². The maximum atomic E-state index is 11.9. The van der Waals surface area contributed by atoms with Gasteiger partial charge in [0, 0.05) is 19.5 Å². The Kier molecular flexibility index (Phi) is 5.64. The second-order valence-corrected chi connectivity index (χ2v) is 5.25. The Morgan fingerprint density at radius 3 is 2.30 bits per heavy atom. The Labute approximate surface area is 114 Å². The fourth-order valence-electron chi connectivity index (χ4n) is 2.23. The van der Waals surface area contributed by atoms with Crippen LogP contribution in [0.5, 0.6) is 0 Å². The lowest BCUT2D eigenvalue weighted by Gasteiger charge is -2.40. The van der Waals surface area contributed by atoms with E-state index in [4.69, 9.17) is 5.11 Å². The first-order valence-electron chi connectivity index (χ1n) is 6.53. The van der Waals surface area contributed by atoms with E-state index in [0.29, 0.717) is 0 Å². The first-order chi connectivity index (χ1) is 9.22. The van der Waals surface area contributed by atoms with Crippen molar-refractivity contribution >= 4 is 12.0 Å². The molecule has 0 spiro atoms. The quantitative estimate of drug-likeness (QED) is 0.631. The van der Waals surface area contributed by atoms with Gasteiger partial charge in [-0.1, -0.05) is 6.42 Å². The standard InChI is InChI=1S/C12H19F3N2O3/c13-12(14,15)5-2-6-16-10(20)17-8-11(3-1-4-11)7-9(18)19/h1-8H2,(H,18,19)(H2,16,17,20). The SMILES string of the molecule is O=C(O)CC1(CNC(=O)NCCCC(F)(F)F)CCC1. The molecule has 0 bridgehead atoms. The van der Waals surface area contributed by atoms with E-state index in [1.165, 1.54) is 0 Å². The minimum atomic E-state index is -4.21. The molecule has 3 N–H and O–H groups in total. The molecule has 20 heavy (non-hydrogen) atoms. The fraction of sp³-hybridized carbons (Fsp3) is 0.833. The zero-order valence-corrected chi connectivity index (χ0v) is 11.1. The molecule has 0 aromatic carbocycles.